The van der Waals surface area contributed by atoms with Crippen molar-refractivity contribution in [3.05, 3.63) is 17.5 Å². The SMILES string of the molecule is COC1CC(Cn2cc(C(F)(F)F)c(C3CC3)n2)C1. The predicted octanol–water partition coefficient (Wildman–Crippen LogP) is 3.20. The van der Waals surface area contributed by atoms with Crippen LogP contribution in [0.1, 0.15) is 42.9 Å². The van der Waals surface area contributed by atoms with Crippen molar-refractivity contribution in [3.63, 3.8) is 0 Å². The molecule has 0 radical (unpaired) electrons. The first-order chi connectivity index (χ1) is 8.97. The lowest BCUT2D eigenvalue weighted by atomic mass is 9.82. The minimum absolute atomic E-state index is 0.0194. The van der Waals surface area contributed by atoms with Gasteiger partial charge in [-0.15, -0.1) is 0 Å². The molecule has 1 aromatic rings. The van der Waals surface area contributed by atoms with Gasteiger partial charge in [-0.1, -0.05) is 0 Å². The molecule has 2 saturated carbocycles. The van der Waals surface area contributed by atoms with Gasteiger partial charge in [-0.2, -0.15) is 18.3 Å². The van der Waals surface area contributed by atoms with Crippen molar-refractivity contribution in [2.75, 3.05) is 7.11 Å². The van der Waals surface area contributed by atoms with Gasteiger partial charge in [0, 0.05) is 25.8 Å². The summed E-state index contributed by atoms with van der Waals surface area (Å²) >= 11 is 0. The first kappa shape index (κ1) is 13.0. The Kier molecular flexibility index (Phi) is 3.08. The Balaban J connectivity index is 1.72. The lowest BCUT2D eigenvalue weighted by Gasteiger charge is -2.33. The molecule has 106 valence electrons. The Morgan fingerprint density at radius 2 is 2.05 bits per heavy atom. The number of hydrogen-bond acceptors (Lipinski definition) is 2. The quantitative estimate of drug-likeness (QED) is 0.843. The highest BCUT2D eigenvalue weighted by Gasteiger charge is 2.41. The zero-order valence-corrected chi connectivity index (χ0v) is 10.8. The molecule has 0 spiro atoms. The van der Waals surface area contributed by atoms with Crippen molar-refractivity contribution in [1.29, 1.82) is 0 Å². The molecule has 0 aromatic carbocycles. The minimum Gasteiger partial charge on any atom is -0.381 e. The molecule has 6 heteroatoms. The summed E-state index contributed by atoms with van der Waals surface area (Å²) in [6.45, 7) is 0.565. The van der Waals surface area contributed by atoms with E-state index in [9.17, 15) is 13.2 Å². The zero-order valence-electron chi connectivity index (χ0n) is 10.8. The van der Waals surface area contributed by atoms with Gasteiger partial charge >= 0.3 is 6.18 Å². The molecule has 19 heavy (non-hydrogen) atoms. The van der Waals surface area contributed by atoms with E-state index in [-0.39, 0.29) is 17.7 Å². The molecule has 0 unspecified atom stereocenters. The molecule has 1 aromatic heterocycles. The van der Waals surface area contributed by atoms with Gasteiger partial charge in [-0.05, 0) is 31.6 Å². The normalized spacial score (nSPS) is 27.4. The van der Waals surface area contributed by atoms with E-state index < -0.39 is 11.7 Å². The molecule has 2 aliphatic rings. The maximum absolute atomic E-state index is 12.9. The highest BCUT2D eigenvalue weighted by molar-refractivity contribution is 5.27. The van der Waals surface area contributed by atoms with Crippen molar-refractivity contribution in [1.82, 2.24) is 9.78 Å². The fraction of sp³-hybridized carbons (Fsp3) is 0.769. The summed E-state index contributed by atoms with van der Waals surface area (Å²) in [4.78, 5) is 0. The van der Waals surface area contributed by atoms with Crippen molar-refractivity contribution in [2.24, 2.45) is 5.92 Å². The van der Waals surface area contributed by atoms with Gasteiger partial charge < -0.3 is 4.74 Å². The van der Waals surface area contributed by atoms with Crippen LogP contribution in [-0.2, 0) is 17.5 Å². The van der Waals surface area contributed by atoms with Crippen LogP contribution < -0.4 is 0 Å². The number of hydrogen-bond donors (Lipinski definition) is 0. The second-order valence-corrected chi connectivity index (χ2v) is 5.62. The molecule has 0 saturated heterocycles. The molecule has 0 aliphatic heterocycles. The smallest absolute Gasteiger partial charge is 0.381 e. The number of rotatable bonds is 4. The summed E-state index contributed by atoms with van der Waals surface area (Å²) in [7, 11) is 1.67. The van der Waals surface area contributed by atoms with Crippen LogP contribution in [0, 0.1) is 5.92 Å². The topological polar surface area (TPSA) is 27.1 Å². The van der Waals surface area contributed by atoms with Crippen LogP contribution in [-0.4, -0.2) is 23.0 Å². The summed E-state index contributed by atoms with van der Waals surface area (Å²) in [5, 5.41) is 4.17. The fourth-order valence-corrected chi connectivity index (χ4v) is 2.69. The van der Waals surface area contributed by atoms with Crippen LogP contribution in [0.3, 0.4) is 0 Å². The molecule has 0 N–H and O–H groups in total. The van der Waals surface area contributed by atoms with Gasteiger partial charge in [0.1, 0.15) is 0 Å². The average molecular weight is 274 g/mol. The van der Waals surface area contributed by atoms with E-state index in [1.165, 1.54) is 10.9 Å². The number of methoxy groups -OCH3 is 1. The second-order valence-electron chi connectivity index (χ2n) is 5.62. The monoisotopic (exact) mass is 274 g/mol. The third-order valence-corrected chi connectivity index (χ3v) is 4.03. The van der Waals surface area contributed by atoms with Crippen molar-refractivity contribution >= 4 is 0 Å². The van der Waals surface area contributed by atoms with E-state index in [0.717, 1.165) is 25.7 Å². The Labute approximate surface area is 109 Å². The first-order valence-electron chi connectivity index (χ1n) is 6.64. The highest BCUT2D eigenvalue weighted by Crippen LogP contribution is 2.45. The van der Waals surface area contributed by atoms with E-state index in [2.05, 4.69) is 5.10 Å². The van der Waals surface area contributed by atoms with E-state index in [1.807, 2.05) is 0 Å². The Morgan fingerprint density at radius 3 is 2.58 bits per heavy atom. The fourth-order valence-electron chi connectivity index (χ4n) is 2.69. The highest BCUT2D eigenvalue weighted by atomic mass is 19.4. The predicted molar refractivity (Wildman–Crippen MR) is 62.7 cm³/mol. The van der Waals surface area contributed by atoms with E-state index in [0.29, 0.717) is 12.5 Å². The zero-order chi connectivity index (χ0) is 13.6. The molecule has 3 rings (SSSR count). The van der Waals surface area contributed by atoms with Gasteiger partial charge in [-0.25, -0.2) is 0 Å². The Hall–Kier alpha value is -1.04. The Morgan fingerprint density at radius 1 is 1.37 bits per heavy atom. The lowest BCUT2D eigenvalue weighted by molar-refractivity contribution is -0.138. The lowest BCUT2D eigenvalue weighted by Crippen LogP contribution is -2.33. The second kappa shape index (κ2) is 4.51. The minimum atomic E-state index is -4.29. The van der Waals surface area contributed by atoms with Crippen LogP contribution in [0.5, 0.6) is 0 Å². The standard InChI is InChI=1S/C13H17F3N2O/c1-19-10-4-8(5-10)6-18-7-11(13(14,15)16)12(17-18)9-2-3-9/h7-10H,2-6H2,1H3. The van der Waals surface area contributed by atoms with Gasteiger partial charge in [0.15, 0.2) is 0 Å². The number of alkyl halides is 3. The van der Waals surface area contributed by atoms with Crippen LogP contribution >= 0.6 is 0 Å². The summed E-state index contributed by atoms with van der Waals surface area (Å²) in [6.07, 6.45) is 0.640. The third kappa shape index (κ3) is 2.63. The van der Waals surface area contributed by atoms with Gasteiger partial charge in [0.05, 0.1) is 17.4 Å². The summed E-state index contributed by atoms with van der Waals surface area (Å²) in [5.74, 6) is 0.406. The van der Waals surface area contributed by atoms with Gasteiger partial charge in [0.2, 0.25) is 0 Å². The molecular formula is C13H17F3N2O. The van der Waals surface area contributed by atoms with E-state index >= 15 is 0 Å². The Bertz CT molecular complexity index is 459. The van der Waals surface area contributed by atoms with E-state index in [4.69, 9.17) is 4.74 Å². The largest absolute Gasteiger partial charge is 0.419 e. The summed E-state index contributed by atoms with van der Waals surface area (Å²) in [5.41, 5.74) is -0.298. The maximum Gasteiger partial charge on any atom is 0.419 e. The molecule has 0 atom stereocenters. The number of nitrogens with zero attached hydrogens (tertiary/aromatic N) is 2. The van der Waals surface area contributed by atoms with Crippen molar-refractivity contribution < 1.29 is 17.9 Å². The van der Waals surface area contributed by atoms with Crippen LogP contribution in [0.4, 0.5) is 13.2 Å². The number of halogens is 3. The molecule has 0 bridgehead atoms. The molecule has 0 amide bonds. The number of ether oxygens (including phenoxy) is 1. The molecule has 1 heterocycles. The molecular weight excluding hydrogens is 257 g/mol. The third-order valence-electron chi connectivity index (χ3n) is 4.03. The molecule has 3 nitrogen and oxygen atoms in total. The average Bonchev–Trinajstić information content (AvgIpc) is 3.02. The van der Waals surface area contributed by atoms with Crippen LogP contribution in [0.2, 0.25) is 0 Å². The summed E-state index contributed by atoms with van der Waals surface area (Å²) < 4.78 is 45.4. The van der Waals surface area contributed by atoms with Gasteiger partial charge in [-0.3, -0.25) is 4.68 Å². The van der Waals surface area contributed by atoms with Crippen LogP contribution in [0.25, 0.3) is 0 Å². The summed E-state index contributed by atoms with van der Waals surface area (Å²) in [6, 6.07) is 0. The molecule has 2 aliphatic carbocycles. The van der Waals surface area contributed by atoms with Gasteiger partial charge in [0.25, 0.3) is 0 Å². The number of aromatic nitrogens is 2. The van der Waals surface area contributed by atoms with Crippen molar-refractivity contribution in [2.45, 2.75) is 50.4 Å². The molecule has 2 fully saturated rings. The van der Waals surface area contributed by atoms with Crippen molar-refractivity contribution in [3.8, 4) is 0 Å². The van der Waals surface area contributed by atoms with E-state index in [1.54, 1.807) is 7.11 Å². The first-order valence-corrected chi connectivity index (χ1v) is 6.64. The maximum atomic E-state index is 12.9. The van der Waals surface area contributed by atoms with Crippen LogP contribution in [0.15, 0.2) is 6.20 Å².